The molecule has 0 aliphatic carbocycles. The average molecular weight is 409 g/mol. The zero-order valence-electron chi connectivity index (χ0n) is 16.0. The number of benzene rings is 1. The highest BCUT2D eigenvalue weighted by molar-refractivity contribution is 6.31. The van der Waals surface area contributed by atoms with Crippen LogP contribution in [-0.4, -0.2) is 22.2 Å². The maximum Gasteiger partial charge on any atom is 0.320 e. The molecule has 0 radical (unpaired) electrons. The van der Waals surface area contributed by atoms with Gasteiger partial charge in [0, 0.05) is 34.4 Å². The van der Waals surface area contributed by atoms with Crippen LogP contribution in [0, 0.1) is 12.3 Å². The topological polar surface area (TPSA) is 103 Å². The lowest BCUT2D eigenvalue weighted by atomic mass is 10.1. The van der Waals surface area contributed by atoms with Gasteiger partial charge in [0.1, 0.15) is 5.82 Å². The fraction of sp³-hybridized carbons (Fsp3) is 0.143. The number of aryl methyl sites for hydroxylation is 1. The highest BCUT2D eigenvalue weighted by atomic mass is 35.5. The van der Waals surface area contributed by atoms with Crippen LogP contribution in [-0.2, 0) is 0 Å². The first-order valence-corrected chi connectivity index (χ1v) is 9.36. The fourth-order valence-corrected chi connectivity index (χ4v) is 3.09. The molecule has 3 rings (SSSR count). The molecule has 3 aromatic rings. The summed E-state index contributed by atoms with van der Waals surface area (Å²) in [7, 11) is 0. The lowest BCUT2D eigenvalue weighted by molar-refractivity contribution is 0.249. The minimum absolute atomic E-state index is 0.276. The average Bonchev–Trinajstić information content (AvgIpc) is 2.69. The van der Waals surface area contributed by atoms with Crippen LogP contribution < -0.4 is 16.0 Å². The summed E-state index contributed by atoms with van der Waals surface area (Å²) in [6.07, 6.45) is 4.48. The number of aromatic nitrogens is 2. The molecule has 8 heteroatoms. The third-order valence-electron chi connectivity index (χ3n) is 4.23. The minimum Gasteiger partial charge on any atom is -0.354 e. The van der Waals surface area contributed by atoms with E-state index >= 15 is 0 Å². The Morgan fingerprint density at radius 3 is 2.72 bits per heavy atom. The molecule has 7 nitrogen and oxygen atoms in total. The Labute approximate surface area is 174 Å². The van der Waals surface area contributed by atoms with E-state index in [0.717, 1.165) is 16.9 Å². The quantitative estimate of drug-likeness (QED) is 0.428. The van der Waals surface area contributed by atoms with E-state index in [1.807, 2.05) is 44.2 Å². The standard InChI is InChI=1S/C21H21ClN6O/c1-13-9-16(7-8-24-13)27-19-12-25-20(10-15(19)11-23)28-21(29)26-14(2)17-5-3-4-6-18(17)22/h3-12,14,23H,1-2H3,(H,24,27)(H2,25,26,28,29)/t14-/m1/s1. The van der Waals surface area contributed by atoms with E-state index < -0.39 is 6.03 Å². The van der Waals surface area contributed by atoms with Gasteiger partial charge in [-0.15, -0.1) is 0 Å². The summed E-state index contributed by atoms with van der Waals surface area (Å²) >= 11 is 6.18. The molecule has 0 saturated heterocycles. The molecule has 0 aliphatic heterocycles. The van der Waals surface area contributed by atoms with Crippen molar-refractivity contribution in [3.05, 3.63) is 76.7 Å². The zero-order chi connectivity index (χ0) is 20.8. The molecule has 148 valence electrons. The van der Waals surface area contributed by atoms with Gasteiger partial charge >= 0.3 is 6.03 Å². The van der Waals surface area contributed by atoms with Gasteiger partial charge in [-0.25, -0.2) is 9.78 Å². The van der Waals surface area contributed by atoms with Crippen molar-refractivity contribution in [2.75, 3.05) is 10.6 Å². The number of pyridine rings is 2. The van der Waals surface area contributed by atoms with Crippen LogP contribution in [0.25, 0.3) is 0 Å². The second-order valence-corrected chi connectivity index (χ2v) is 6.86. The summed E-state index contributed by atoms with van der Waals surface area (Å²) in [6.45, 7) is 3.75. The summed E-state index contributed by atoms with van der Waals surface area (Å²) < 4.78 is 0. The maximum absolute atomic E-state index is 12.3. The number of hydrogen-bond acceptors (Lipinski definition) is 5. The molecular weight excluding hydrogens is 388 g/mol. The molecule has 0 aliphatic rings. The van der Waals surface area contributed by atoms with Crippen molar-refractivity contribution in [1.29, 1.82) is 5.41 Å². The van der Waals surface area contributed by atoms with Crippen LogP contribution in [0.3, 0.4) is 0 Å². The molecule has 2 aromatic heterocycles. The Balaban J connectivity index is 1.69. The summed E-state index contributed by atoms with van der Waals surface area (Å²) in [6, 6.07) is 12.0. The smallest absolute Gasteiger partial charge is 0.320 e. The summed E-state index contributed by atoms with van der Waals surface area (Å²) in [4.78, 5) is 20.8. The predicted molar refractivity (Wildman–Crippen MR) is 116 cm³/mol. The lowest BCUT2D eigenvalue weighted by Gasteiger charge is -2.16. The highest BCUT2D eigenvalue weighted by Crippen LogP contribution is 2.23. The van der Waals surface area contributed by atoms with E-state index in [1.165, 1.54) is 6.21 Å². The Bertz CT molecular complexity index is 1040. The van der Waals surface area contributed by atoms with Gasteiger partial charge in [-0.1, -0.05) is 29.8 Å². The van der Waals surface area contributed by atoms with E-state index in [4.69, 9.17) is 17.0 Å². The number of nitrogens with zero attached hydrogens (tertiary/aromatic N) is 2. The zero-order valence-corrected chi connectivity index (χ0v) is 16.8. The number of carbonyl (C=O) groups is 1. The van der Waals surface area contributed by atoms with Crippen LogP contribution >= 0.6 is 11.6 Å². The number of carbonyl (C=O) groups excluding carboxylic acids is 1. The maximum atomic E-state index is 12.3. The summed E-state index contributed by atoms with van der Waals surface area (Å²) in [5.74, 6) is 0.337. The van der Waals surface area contributed by atoms with Gasteiger partial charge < -0.3 is 16.0 Å². The van der Waals surface area contributed by atoms with E-state index in [2.05, 4.69) is 25.9 Å². The number of halogens is 1. The van der Waals surface area contributed by atoms with Crippen molar-refractivity contribution in [2.24, 2.45) is 0 Å². The van der Waals surface area contributed by atoms with E-state index in [-0.39, 0.29) is 6.04 Å². The normalized spacial score (nSPS) is 11.4. The molecule has 1 aromatic carbocycles. The van der Waals surface area contributed by atoms with E-state index in [1.54, 1.807) is 24.5 Å². The molecule has 1 atom stereocenters. The molecule has 0 bridgehead atoms. The Morgan fingerprint density at radius 1 is 1.21 bits per heavy atom. The van der Waals surface area contributed by atoms with Crippen molar-refractivity contribution in [3.63, 3.8) is 0 Å². The number of urea groups is 1. The van der Waals surface area contributed by atoms with E-state index in [9.17, 15) is 4.79 Å². The molecule has 0 fully saturated rings. The van der Waals surface area contributed by atoms with Gasteiger partial charge in [-0.2, -0.15) is 0 Å². The van der Waals surface area contributed by atoms with Crippen LogP contribution in [0.5, 0.6) is 0 Å². The van der Waals surface area contributed by atoms with E-state index in [0.29, 0.717) is 22.1 Å². The van der Waals surface area contributed by atoms with Gasteiger partial charge in [0.15, 0.2) is 0 Å². The molecule has 2 heterocycles. The SMILES string of the molecule is Cc1cc(Nc2cnc(NC(=O)N[C@H](C)c3ccccc3Cl)cc2C=N)ccn1. The number of anilines is 3. The number of nitrogens with one attached hydrogen (secondary N) is 4. The first-order chi connectivity index (χ1) is 14.0. The van der Waals surface area contributed by atoms with Crippen molar-refractivity contribution < 1.29 is 4.79 Å². The molecule has 0 saturated carbocycles. The molecule has 2 amide bonds. The summed E-state index contributed by atoms with van der Waals surface area (Å²) in [5.41, 5.74) is 3.78. The minimum atomic E-state index is -0.411. The third kappa shape index (κ3) is 5.30. The van der Waals surface area contributed by atoms with Gasteiger partial charge in [0.2, 0.25) is 0 Å². The third-order valence-corrected chi connectivity index (χ3v) is 4.57. The second kappa shape index (κ2) is 9.16. The van der Waals surface area contributed by atoms with Crippen LogP contribution in [0.4, 0.5) is 22.0 Å². The molecule has 0 unspecified atom stereocenters. The molecule has 4 N–H and O–H groups in total. The van der Waals surface area contributed by atoms with Crippen molar-refractivity contribution in [2.45, 2.75) is 19.9 Å². The first-order valence-electron chi connectivity index (χ1n) is 8.98. The number of rotatable bonds is 6. The van der Waals surface area contributed by atoms with Crippen molar-refractivity contribution in [1.82, 2.24) is 15.3 Å². The number of amides is 2. The first kappa shape index (κ1) is 20.3. The van der Waals surface area contributed by atoms with Gasteiger partial charge in [0.05, 0.1) is 17.9 Å². The van der Waals surface area contributed by atoms with Crippen LogP contribution in [0.1, 0.15) is 29.8 Å². The fourth-order valence-electron chi connectivity index (χ4n) is 2.80. The second-order valence-electron chi connectivity index (χ2n) is 6.45. The molecule has 0 spiro atoms. The highest BCUT2D eigenvalue weighted by Gasteiger charge is 2.13. The van der Waals surface area contributed by atoms with Crippen molar-refractivity contribution >= 4 is 41.0 Å². The Hall–Kier alpha value is -3.45. The van der Waals surface area contributed by atoms with Gasteiger partial charge in [-0.05, 0) is 43.7 Å². The van der Waals surface area contributed by atoms with Crippen molar-refractivity contribution in [3.8, 4) is 0 Å². The molecule has 29 heavy (non-hydrogen) atoms. The monoisotopic (exact) mass is 408 g/mol. The van der Waals surface area contributed by atoms with Gasteiger partial charge in [-0.3, -0.25) is 10.3 Å². The molecular formula is C21H21ClN6O. The van der Waals surface area contributed by atoms with Crippen LogP contribution in [0.15, 0.2) is 54.9 Å². The Morgan fingerprint density at radius 2 is 2.00 bits per heavy atom. The van der Waals surface area contributed by atoms with Crippen LogP contribution in [0.2, 0.25) is 5.02 Å². The van der Waals surface area contributed by atoms with Gasteiger partial charge in [0.25, 0.3) is 0 Å². The lowest BCUT2D eigenvalue weighted by Crippen LogP contribution is -2.31. The predicted octanol–water partition coefficient (Wildman–Crippen LogP) is 5.06. The Kier molecular flexibility index (Phi) is 6.41. The summed E-state index contributed by atoms with van der Waals surface area (Å²) in [5, 5.41) is 17.0. The number of hydrogen-bond donors (Lipinski definition) is 4. The largest absolute Gasteiger partial charge is 0.354 e.